The maximum Gasteiger partial charge on any atom is 0.123 e. The van der Waals surface area contributed by atoms with Gasteiger partial charge in [0, 0.05) is 6.54 Å². The summed E-state index contributed by atoms with van der Waals surface area (Å²) in [6, 6.07) is 6.32. The van der Waals surface area contributed by atoms with E-state index in [1.807, 2.05) is 0 Å². The molecule has 0 radical (unpaired) electrons. The molecule has 0 aromatic heterocycles. The Bertz CT molecular complexity index is 462. The third-order valence-electron chi connectivity index (χ3n) is 3.75. The van der Waals surface area contributed by atoms with Crippen molar-refractivity contribution in [2.24, 2.45) is 5.92 Å². The molecule has 1 saturated carbocycles. The molecule has 1 aromatic carbocycles. The van der Waals surface area contributed by atoms with Gasteiger partial charge in [-0.2, -0.15) is 5.26 Å². The normalized spacial score (nSPS) is 23.0. The molecule has 0 amide bonds. The van der Waals surface area contributed by atoms with Crippen LogP contribution in [0, 0.1) is 23.1 Å². The lowest BCUT2D eigenvalue weighted by Gasteiger charge is -2.25. The Hall–Kier alpha value is -1.44. The van der Waals surface area contributed by atoms with E-state index in [0.29, 0.717) is 23.6 Å². The van der Waals surface area contributed by atoms with Crippen molar-refractivity contribution in [3.63, 3.8) is 0 Å². The number of nitrogens with one attached hydrogen (secondary N) is 1. The average molecular weight is 262 g/mol. The second-order valence-corrected chi connectivity index (χ2v) is 5.22. The standard InChI is InChI=1S/C15H19FN2O/c16-14-4-3-12(8-17)13(7-14)10-18-9-11-1-5-15(19)6-2-11/h3-4,7,11,15,18-19H,1-2,5-6,9-10H2. The first-order valence-corrected chi connectivity index (χ1v) is 6.76. The molecule has 0 atom stereocenters. The van der Waals surface area contributed by atoms with E-state index < -0.39 is 0 Å². The highest BCUT2D eigenvalue weighted by atomic mass is 19.1. The SMILES string of the molecule is N#Cc1ccc(F)cc1CNCC1CCC(O)CC1. The summed E-state index contributed by atoms with van der Waals surface area (Å²) in [6.45, 7) is 1.37. The van der Waals surface area contributed by atoms with Gasteiger partial charge in [-0.1, -0.05) is 0 Å². The minimum Gasteiger partial charge on any atom is -0.393 e. The van der Waals surface area contributed by atoms with Crippen LogP contribution < -0.4 is 5.32 Å². The average Bonchev–Trinajstić information content (AvgIpc) is 2.41. The number of hydrogen-bond donors (Lipinski definition) is 2. The van der Waals surface area contributed by atoms with Crippen LogP contribution in [0.25, 0.3) is 0 Å². The predicted octanol–water partition coefficient (Wildman–Crippen LogP) is 2.34. The first kappa shape index (κ1) is 14.0. The van der Waals surface area contributed by atoms with Crippen molar-refractivity contribution in [3.8, 4) is 6.07 Å². The van der Waals surface area contributed by atoms with Crippen LogP contribution in [0.15, 0.2) is 18.2 Å². The van der Waals surface area contributed by atoms with E-state index in [-0.39, 0.29) is 11.9 Å². The Labute approximate surface area is 113 Å². The van der Waals surface area contributed by atoms with Gasteiger partial charge >= 0.3 is 0 Å². The molecule has 1 aromatic rings. The third-order valence-corrected chi connectivity index (χ3v) is 3.75. The van der Waals surface area contributed by atoms with Gasteiger partial charge in [-0.25, -0.2) is 4.39 Å². The zero-order chi connectivity index (χ0) is 13.7. The number of halogens is 1. The number of rotatable bonds is 4. The fourth-order valence-corrected chi connectivity index (χ4v) is 2.58. The van der Waals surface area contributed by atoms with Crippen LogP contribution in [0.3, 0.4) is 0 Å². The van der Waals surface area contributed by atoms with E-state index >= 15 is 0 Å². The van der Waals surface area contributed by atoms with Crippen LogP contribution in [0.5, 0.6) is 0 Å². The second-order valence-electron chi connectivity index (χ2n) is 5.22. The monoisotopic (exact) mass is 262 g/mol. The van der Waals surface area contributed by atoms with Crippen LogP contribution in [-0.4, -0.2) is 17.8 Å². The Morgan fingerprint density at radius 2 is 2.05 bits per heavy atom. The van der Waals surface area contributed by atoms with Crippen LogP contribution >= 0.6 is 0 Å². The molecule has 0 spiro atoms. The molecule has 1 fully saturated rings. The minimum atomic E-state index is -0.309. The molecule has 0 bridgehead atoms. The molecule has 0 unspecified atom stereocenters. The zero-order valence-corrected chi connectivity index (χ0v) is 10.9. The van der Waals surface area contributed by atoms with Crippen molar-refractivity contribution in [2.45, 2.75) is 38.3 Å². The summed E-state index contributed by atoms with van der Waals surface area (Å²) < 4.78 is 13.1. The second kappa shape index (κ2) is 6.65. The van der Waals surface area contributed by atoms with Crippen molar-refractivity contribution < 1.29 is 9.50 Å². The van der Waals surface area contributed by atoms with E-state index in [0.717, 1.165) is 32.2 Å². The summed E-state index contributed by atoms with van der Waals surface area (Å²) in [4.78, 5) is 0. The molecule has 1 aliphatic carbocycles. The predicted molar refractivity (Wildman–Crippen MR) is 70.8 cm³/mol. The van der Waals surface area contributed by atoms with Crippen LogP contribution in [-0.2, 0) is 6.54 Å². The highest BCUT2D eigenvalue weighted by molar-refractivity contribution is 5.37. The largest absolute Gasteiger partial charge is 0.393 e. The fourth-order valence-electron chi connectivity index (χ4n) is 2.58. The van der Waals surface area contributed by atoms with Crippen LogP contribution in [0.1, 0.15) is 36.8 Å². The molecule has 2 N–H and O–H groups in total. The first-order chi connectivity index (χ1) is 9.19. The topological polar surface area (TPSA) is 56.0 Å². The van der Waals surface area contributed by atoms with Crippen molar-refractivity contribution in [1.82, 2.24) is 5.32 Å². The Morgan fingerprint density at radius 1 is 1.32 bits per heavy atom. The van der Waals surface area contributed by atoms with Crippen LogP contribution in [0.4, 0.5) is 4.39 Å². The molecule has 3 nitrogen and oxygen atoms in total. The maximum absolute atomic E-state index is 13.1. The summed E-state index contributed by atoms with van der Waals surface area (Å²) in [5, 5.41) is 21.7. The zero-order valence-electron chi connectivity index (χ0n) is 10.9. The molecular weight excluding hydrogens is 243 g/mol. The number of aliphatic hydroxyl groups excluding tert-OH is 1. The minimum absolute atomic E-state index is 0.135. The number of nitrogens with zero attached hydrogens (tertiary/aromatic N) is 1. The third kappa shape index (κ3) is 4.02. The maximum atomic E-state index is 13.1. The molecule has 19 heavy (non-hydrogen) atoms. The summed E-state index contributed by atoms with van der Waals surface area (Å²) >= 11 is 0. The first-order valence-electron chi connectivity index (χ1n) is 6.76. The lowest BCUT2D eigenvalue weighted by Crippen LogP contribution is -2.27. The van der Waals surface area contributed by atoms with Crippen molar-refractivity contribution in [1.29, 1.82) is 5.26 Å². The van der Waals surface area contributed by atoms with E-state index in [9.17, 15) is 9.50 Å². The van der Waals surface area contributed by atoms with Crippen molar-refractivity contribution in [2.75, 3.05) is 6.54 Å². The van der Waals surface area contributed by atoms with Gasteiger partial charge in [-0.05, 0) is 61.9 Å². The van der Waals surface area contributed by atoms with E-state index in [2.05, 4.69) is 11.4 Å². The van der Waals surface area contributed by atoms with Crippen molar-refractivity contribution >= 4 is 0 Å². The van der Waals surface area contributed by atoms with E-state index in [4.69, 9.17) is 5.26 Å². The number of nitriles is 1. The number of aliphatic hydroxyl groups is 1. The molecule has 1 aliphatic rings. The quantitative estimate of drug-likeness (QED) is 0.875. The highest BCUT2D eigenvalue weighted by Crippen LogP contribution is 2.23. The highest BCUT2D eigenvalue weighted by Gasteiger charge is 2.18. The van der Waals surface area contributed by atoms with Gasteiger partial charge in [0.2, 0.25) is 0 Å². The fraction of sp³-hybridized carbons (Fsp3) is 0.533. The van der Waals surface area contributed by atoms with Gasteiger partial charge in [0.1, 0.15) is 5.82 Å². The molecule has 0 aliphatic heterocycles. The molecule has 0 saturated heterocycles. The van der Waals surface area contributed by atoms with Gasteiger partial charge in [0.15, 0.2) is 0 Å². The Morgan fingerprint density at radius 3 is 2.74 bits per heavy atom. The van der Waals surface area contributed by atoms with Gasteiger partial charge in [-0.15, -0.1) is 0 Å². The molecule has 4 heteroatoms. The number of hydrogen-bond acceptors (Lipinski definition) is 3. The molecule has 2 rings (SSSR count). The van der Waals surface area contributed by atoms with E-state index in [1.54, 1.807) is 0 Å². The van der Waals surface area contributed by atoms with Crippen molar-refractivity contribution in [3.05, 3.63) is 35.1 Å². The lowest BCUT2D eigenvalue weighted by atomic mass is 9.87. The summed E-state index contributed by atoms with van der Waals surface area (Å²) in [5.41, 5.74) is 1.23. The molecule has 102 valence electrons. The summed E-state index contributed by atoms with van der Waals surface area (Å²) in [6.07, 6.45) is 3.67. The molecular formula is C15H19FN2O. The summed E-state index contributed by atoms with van der Waals surface area (Å²) in [7, 11) is 0. The molecule has 0 heterocycles. The van der Waals surface area contributed by atoms with Gasteiger partial charge in [0.05, 0.1) is 17.7 Å². The van der Waals surface area contributed by atoms with Gasteiger partial charge < -0.3 is 10.4 Å². The Kier molecular flexibility index (Phi) is 4.89. The van der Waals surface area contributed by atoms with Gasteiger partial charge in [0.25, 0.3) is 0 Å². The summed E-state index contributed by atoms with van der Waals surface area (Å²) in [5.74, 6) is 0.263. The van der Waals surface area contributed by atoms with Gasteiger partial charge in [-0.3, -0.25) is 0 Å². The lowest BCUT2D eigenvalue weighted by molar-refractivity contribution is 0.108. The number of benzene rings is 1. The van der Waals surface area contributed by atoms with Crippen LogP contribution in [0.2, 0.25) is 0 Å². The Balaban J connectivity index is 1.83. The van der Waals surface area contributed by atoms with E-state index in [1.165, 1.54) is 18.2 Å². The smallest absolute Gasteiger partial charge is 0.123 e.